The highest BCUT2D eigenvalue weighted by Crippen LogP contribution is 2.15. The Balaban J connectivity index is 1.37. The van der Waals surface area contributed by atoms with Crippen molar-refractivity contribution in [3.63, 3.8) is 0 Å². The van der Waals surface area contributed by atoms with Gasteiger partial charge >= 0.3 is 0 Å². The molecule has 1 fully saturated rings. The van der Waals surface area contributed by atoms with E-state index in [4.69, 9.17) is 4.74 Å². The first-order valence-electron chi connectivity index (χ1n) is 10.1. The fourth-order valence-electron chi connectivity index (χ4n) is 3.23. The predicted molar refractivity (Wildman–Crippen MR) is 116 cm³/mol. The number of pyridine rings is 1. The molecule has 2 heterocycles. The molecule has 0 unspecified atom stereocenters. The number of para-hydroxylation sites is 1. The number of amides is 1. The zero-order valence-electron chi connectivity index (χ0n) is 17.1. The molecule has 1 aromatic heterocycles. The van der Waals surface area contributed by atoms with Gasteiger partial charge in [0, 0.05) is 38.9 Å². The summed E-state index contributed by atoms with van der Waals surface area (Å²) >= 11 is 0. The van der Waals surface area contributed by atoms with Crippen LogP contribution >= 0.6 is 0 Å². The van der Waals surface area contributed by atoms with E-state index in [-0.39, 0.29) is 18.2 Å². The first kappa shape index (κ1) is 22.0. The number of nitrogens with zero attached hydrogens (tertiary/aromatic N) is 3. The van der Waals surface area contributed by atoms with Crippen LogP contribution in [-0.2, 0) is 14.8 Å². The number of anilines is 1. The number of rotatable bonds is 9. The summed E-state index contributed by atoms with van der Waals surface area (Å²) in [5.74, 6) is 1.22. The van der Waals surface area contributed by atoms with Crippen LogP contribution in [0.2, 0.25) is 0 Å². The first-order valence-corrected chi connectivity index (χ1v) is 11.7. The van der Waals surface area contributed by atoms with Gasteiger partial charge in [0.25, 0.3) is 5.91 Å². The number of ether oxygens (including phenoxy) is 1. The van der Waals surface area contributed by atoms with Crippen LogP contribution in [0.5, 0.6) is 5.75 Å². The largest absolute Gasteiger partial charge is 0.481 e. The Labute approximate surface area is 177 Å². The van der Waals surface area contributed by atoms with Gasteiger partial charge in [0.15, 0.2) is 6.10 Å². The third kappa shape index (κ3) is 6.17. The molecule has 1 aliphatic heterocycles. The lowest BCUT2D eigenvalue weighted by molar-refractivity contribution is -0.127. The molecular weight excluding hydrogens is 404 g/mol. The summed E-state index contributed by atoms with van der Waals surface area (Å²) in [7, 11) is -3.35. The van der Waals surface area contributed by atoms with Crippen molar-refractivity contribution < 1.29 is 17.9 Å². The van der Waals surface area contributed by atoms with E-state index in [1.54, 1.807) is 25.3 Å². The SMILES string of the molecule is C[C@H](Oc1ccccc1)C(=O)NCCCS(=O)(=O)N1CCN(c2ccccn2)CC1. The lowest BCUT2D eigenvalue weighted by atomic mass is 10.3. The minimum Gasteiger partial charge on any atom is -0.481 e. The molecule has 1 aromatic carbocycles. The number of carbonyl (C=O) groups is 1. The van der Waals surface area contributed by atoms with Gasteiger partial charge in [0.1, 0.15) is 11.6 Å². The molecule has 0 saturated carbocycles. The van der Waals surface area contributed by atoms with Crippen molar-refractivity contribution in [2.75, 3.05) is 43.4 Å². The summed E-state index contributed by atoms with van der Waals surface area (Å²) in [6, 6.07) is 14.8. The minimum absolute atomic E-state index is 0.00475. The van der Waals surface area contributed by atoms with Gasteiger partial charge in [0.05, 0.1) is 5.75 Å². The van der Waals surface area contributed by atoms with Crippen LogP contribution in [0.3, 0.4) is 0 Å². The number of benzene rings is 1. The van der Waals surface area contributed by atoms with Crippen LogP contribution in [0.25, 0.3) is 0 Å². The Hall–Kier alpha value is -2.65. The average molecular weight is 433 g/mol. The lowest BCUT2D eigenvalue weighted by Crippen LogP contribution is -2.49. The molecule has 9 heteroatoms. The highest BCUT2D eigenvalue weighted by molar-refractivity contribution is 7.89. The number of sulfonamides is 1. The number of nitrogens with one attached hydrogen (secondary N) is 1. The van der Waals surface area contributed by atoms with Crippen molar-refractivity contribution in [1.29, 1.82) is 0 Å². The zero-order valence-corrected chi connectivity index (χ0v) is 17.9. The number of hydrogen-bond donors (Lipinski definition) is 1. The summed E-state index contributed by atoms with van der Waals surface area (Å²) < 4.78 is 32.3. The summed E-state index contributed by atoms with van der Waals surface area (Å²) in [5, 5.41) is 2.74. The van der Waals surface area contributed by atoms with E-state index < -0.39 is 16.1 Å². The molecule has 1 aliphatic rings. The van der Waals surface area contributed by atoms with Gasteiger partial charge in [-0.2, -0.15) is 4.31 Å². The molecule has 2 aromatic rings. The Morgan fingerprint density at radius 2 is 1.80 bits per heavy atom. The van der Waals surface area contributed by atoms with E-state index in [1.807, 2.05) is 36.4 Å². The Kier molecular flexibility index (Phi) is 7.64. The molecule has 0 bridgehead atoms. The van der Waals surface area contributed by atoms with Crippen molar-refractivity contribution in [1.82, 2.24) is 14.6 Å². The molecule has 162 valence electrons. The standard InChI is InChI=1S/C21H28N4O4S/c1-18(29-19-8-3-2-4-9-19)21(26)23-12-7-17-30(27,28)25-15-13-24(14-16-25)20-10-5-6-11-22-20/h2-6,8-11,18H,7,12-17H2,1H3,(H,23,26)/t18-/m0/s1. The predicted octanol–water partition coefficient (Wildman–Crippen LogP) is 1.51. The second kappa shape index (κ2) is 10.4. The van der Waals surface area contributed by atoms with Gasteiger partial charge in [-0.05, 0) is 37.6 Å². The molecule has 0 spiro atoms. The van der Waals surface area contributed by atoms with Crippen LogP contribution in [0.4, 0.5) is 5.82 Å². The molecule has 1 amide bonds. The fraction of sp³-hybridized carbons (Fsp3) is 0.429. The Morgan fingerprint density at radius 1 is 1.10 bits per heavy atom. The maximum atomic E-state index is 12.6. The third-order valence-corrected chi connectivity index (χ3v) is 6.87. The van der Waals surface area contributed by atoms with Gasteiger partial charge in [-0.3, -0.25) is 4.79 Å². The highest BCUT2D eigenvalue weighted by atomic mass is 32.2. The molecule has 30 heavy (non-hydrogen) atoms. The van der Waals surface area contributed by atoms with Gasteiger partial charge < -0.3 is 15.0 Å². The maximum absolute atomic E-state index is 12.6. The van der Waals surface area contributed by atoms with Crippen molar-refractivity contribution >= 4 is 21.7 Å². The molecule has 1 atom stereocenters. The number of aromatic nitrogens is 1. The lowest BCUT2D eigenvalue weighted by Gasteiger charge is -2.34. The van der Waals surface area contributed by atoms with Crippen LogP contribution in [0.1, 0.15) is 13.3 Å². The van der Waals surface area contributed by atoms with E-state index in [0.717, 1.165) is 5.82 Å². The van der Waals surface area contributed by atoms with Crippen LogP contribution in [0, 0.1) is 0 Å². The van der Waals surface area contributed by atoms with Crippen LogP contribution in [0.15, 0.2) is 54.7 Å². The van der Waals surface area contributed by atoms with E-state index >= 15 is 0 Å². The minimum atomic E-state index is -3.35. The second-order valence-corrected chi connectivity index (χ2v) is 9.20. The van der Waals surface area contributed by atoms with Gasteiger partial charge in [-0.1, -0.05) is 24.3 Å². The van der Waals surface area contributed by atoms with Gasteiger partial charge in [-0.15, -0.1) is 0 Å². The Morgan fingerprint density at radius 3 is 2.47 bits per heavy atom. The summed E-state index contributed by atoms with van der Waals surface area (Å²) in [5.41, 5.74) is 0. The molecule has 0 radical (unpaired) electrons. The number of carbonyl (C=O) groups excluding carboxylic acids is 1. The molecule has 1 N–H and O–H groups in total. The van der Waals surface area contributed by atoms with Crippen LogP contribution in [-0.4, -0.2) is 68.2 Å². The van der Waals surface area contributed by atoms with E-state index in [2.05, 4.69) is 15.2 Å². The van der Waals surface area contributed by atoms with Crippen LogP contribution < -0.4 is 15.0 Å². The monoisotopic (exact) mass is 432 g/mol. The molecule has 8 nitrogen and oxygen atoms in total. The molecule has 0 aliphatic carbocycles. The smallest absolute Gasteiger partial charge is 0.260 e. The topological polar surface area (TPSA) is 91.8 Å². The Bertz CT molecular complexity index is 901. The molecule has 1 saturated heterocycles. The zero-order chi connectivity index (χ0) is 21.4. The summed E-state index contributed by atoms with van der Waals surface area (Å²) in [4.78, 5) is 18.5. The molecular formula is C21H28N4O4S. The normalized spacial score (nSPS) is 16.1. The summed E-state index contributed by atoms with van der Waals surface area (Å²) in [6.07, 6.45) is 1.44. The number of hydrogen-bond acceptors (Lipinski definition) is 6. The molecule has 3 rings (SSSR count). The quantitative estimate of drug-likeness (QED) is 0.604. The maximum Gasteiger partial charge on any atom is 0.260 e. The fourth-order valence-corrected chi connectivity index (χ4v) is 4.72. The highest BCUT2D eigenvalue weighted by Gasteiger charge is 2.27. The van der Waals surface area contributed by atoms with E-state index in [0.29, 0.717) is 38.3 Å². The van der Waals surface area contributed by atoms with Crippen molar-refractivity contribution in [2.24, 2.45) is 0 Å². The number of piperazine rings is 1. The first-order chi connectivity index (χ1) is 14.5. The second-order valence-electron chi connectivity index (χ2n) is 7.11. The van der Waals surface area contributed by atoms with Gasteiger partial charge in [0.2, 0.25) is 10.0 Å². The van der Waals surface area contributed by atoms with Crippen molar-refractivity contribution in [2.45, 2.75) is 19.4 Å². The van der Waals surface area contributed by atoms with E-state index in [1.165, 1.54) is 4.31 Å². The van der Waals surface area contributed by atoms with Gasteiger partial charge in [-0.25, -0.2) is 13.4 Å². The van der Waals surface area contributed by atoms with Crippen molar-refractivity contribution in [3.05, 3.63) is 54.7 Å². The summed E-state index contributed by atoms with van der Waals surface area (Å²) in [6.45, 7) is 4.05. The van der Waals surface area contributed by atoms with Crippen molar-refractivity contribution in [3.8, 4) is 5.75 Å². The average Bonchev–Trinajstić information content (AvgIpc) is 2.78. The third-order valence-electron chi connectivity index (χ3n) is 4.91. The van der Waals surface area contributed by atoms with E-state index in [9.17, 15) is 13.2 Å².